The van der Waals surface area contributed by atoms with Gasteiger partial charge in [0.15, 0.2) is 35.6 Å². The van der Waals surface area contributed by atoms with Crippen molar-refractivity contribution in [2.45, 2.75) is 44.0 Å². The number of thiazole rings is 1. The lowest BCUT2D eigenvalue weighted by Crippen LogP contribution is -2.71. The van der Waals surface area contributed by atoms with Crippen molar-refractivity contribution in [2.75, 3.05) is 25.6 Å². The van der Waals surface area contributed by atoms with E-state index >= 15 is 0 Å². The quantitative estimate of drug-likeness (QED) is 0.0418. The van der Waals surface area contributed by atoms with Crippen LogP contribution >= 0.6 is 23.1 Å². The molecule has 2 amide bonds. The van der Waals surface area contributed by atoms with Crippen LogP contribution in [0, 0.1) is 5.41 Å². The topological polar surface area (TPSA) is 259 Å². The highest BCUT2D eigenvalue weighted by atomic mass is 32.2. The number of hydrogen-bond donors (Lipinski definition) is 5. The number of thioether (sulfide) groups is 1. The first-order valence-electron chi connectivity index (χ1n) is 15.8. The van der Waals surface area contributed by atoms with E-state index in [0.717, 1.165) is 27.1 Å². The van der Waals surface area contributed by atoms with Crippen molar-refractivity contribution in [1.29, 1.82) is 5.41 Å². The number of carboxylic acids is 2. The Balaban J connectivity index is 1.16. The first-order chi connectivity index (χ1) is 25.1. The lowest BCUT2D eigenvalue weighted by atomic mass is 10.0. The summed E-state index contributed by atoms with van der Waals surface area (Å²) in [5, 5.41) is 35.7. The summed E-state index contributed by atoms with van der Waals surface area (Å²) in [4.78, 5) is 71.3. The number of rotatable bonds is 13. The molecule has 0 saturated carbocycles. The van der Waals surface area contributed by atoms with Gasteiger partial charge in [-0.25, -0.2) is 29.1 Å². The van der Waals surface area contributed by atoms with E-state index in [4.69, 9.17) is 20.4 Å². The summed E-state index contributed by atoms with van der Waals surface area (Å²) in [5.41, 5.74) is 5.07. The Labute approximate surface area is 308 Å². The standard InChI is InChI=1S/C32H33N11O8S2/c1-32(2,30(48)49)51-39-22(19-14-53-31(34)37-19)26(44)38-23-27(45)43-24(29(46)47)17(13-52-28(23)43)10-41-7-6-20-16(9-41)5-8-42(20)11-21-36-18(12-50-21)25(33)35-15-40(3)4/h5-9,12,14-15,23,28,33H,10-11,13H2,1-4H3,(H4-,34,37,38,44,46,47,48,49)/p+1/b33-25?,35-15-,39-22-/t23-,28-/m1/s1. The molecule has 4 aromatic rings. The molecule has 53 heavy (non-hydrogen) atoms. The molecule has 2 aliphatic rings. The van der Waals surface area contributed by atoms with Gasteiger partial charge in [0.2, 0.25) is 11.5 Å². The van der Waals surface area contributed by atoms with E-state index in [-0.39, 0.29) is 34.7 Å². The molecule has 6 N–H and O–H groups in total. The number of fused-ring (bicyclic) bond motifs is 2. The number of aromatic nitrogens is 4. The van der Waals surface area contributed by atoms with Crippen molar-refractivity contribution >= 4 is 80.8 Å². The van der Waals surface area contributed by atoms with Crippen LogP contribution in [0.4, 0.5) is 5.13 Å². The first-order valence-corrected chi connectivity index (χ1v) is 17.7. The minimum absolute atomic E-state index is 0.0124. The summed E-state index contributed by atoms with van der Waals surface area (Å²) < 4.78 is 9.33. The van der Waals surface area contributed by atoms with Gasteiger partial charge in [-0.1, -0.05) is 5.16 Å². The van der Waals surface area contributed by atoms with Gasteiger partial charge in [0.05, 0.1) is 23.8 Å². The van der Waals surface area contributed by atoms with E-state index in [1.807, 2.05) is 33.7 Å². The lowest BCUT2D eigenvalue weighted by molar-refractivity contribution is -0.687. The average Bonchev–Trinajstić information content (AvgIpc) is 3.86. The number of amides is 2. The highest BCUT2D eigenvalue weighted by molar-refractivity contribution is 8.00. The van der Waals surface area contributed by atoms with E-state index in [9.17, 15) is 29.4 Å². The summed E-state index contributed by atoms with van der Waals surface area (Å²) in [6.45, 7) is 2.97. The molecule has 2 aliphatic heterocycles. The van der Waals surface area contributed by atoms with Crippen LogP contribution in [0.1, 0.15) is 31.1 Å². The molecule has 6 rings (SSSR count). The fraction of sp³-hybridized carbons (Fsp3) is 0.312. The fourth-order valence-electron chi connectivity index (χ4n) is 5.34. The summed E-state index contributed by atoms with van der Waals surface area (Å²) in [6, 6.07) is 2.67. The average molecular weight is 765 g/mol. The van der Waals surface area contributed by atoms with Crippen molar-refractivity contribution < 1.29 is 43.2 Å². The number of nitrogens with zero attached hydrogens (tertiary/aromatic N) is 8. The molecule has 0 aliphatic carbocycles. The van der Waals surface area contributed by atoms with Crippen LogP contribution in [-0.2, 0) is 37.1 Å². The Bertz CT molecular complexity index is 2240. The maximum absolute atomic E-state index is 13.4. The van der Waals surface area contributed by atoms with Gasteiger partial charge in [-0.3, -0.25) is 19.9 Å². The summed E-state index contributed by atoms with van der Waals surface area (Å²) in [7, 11) is 3.60. The van der Waals surface area contributed by atoms with Gasteiger partial charge >= 0.3 is 11.9 Å². The predicted octanol–water partition coefficient (Wildman–Crippen LogP) is 0.942. The third-order valence-corrected chi connectivity index (χ3v) is 10.1. The monoisotopic (exact) mass is 764 g/mol. The maximum Gasteiger partial charge on any atom is 0.352 e. The molecule has 0 bridgehead atoms. The minimum atomic E-state index is -1.78. The van der Waals surface area contributed by atoms with Crippen molar-refractivity contribution in [3.8, 4) is 0 Å². The zero-order valence-electron chi connectivity index (χ0n) is 28.7. The number of oxazole rings is 1. The zero-order valence-corrected chi connectivity index (χ0v) is 30.3. The summed E-state index contributed by atoms with van der Waals surface area (Å²) in [5.74, 6) is -3.51. The van der Waals surface area contributed by atoms with E-state index in [0.29, 0.717) is 23.7 Å². The molecule has 4 aromatic heterocycles. The number of nitrogen functional groups attached to an aromatic ring is 1. The number of oxime groups is 1. The molecule has 19 nitrogen and oxygen atoms in total. The number of anilines is 1. The van der Waals surface area contributed by atoms with Crippen molar-refractivity contribution in [3.63, 3.8) is 0 Å². The zero-order chi connectivity index (χ0) is 38.2. The van der Waals surface area contributed by atoms with Gasteiger partial charge in [-0.2, -0.15) is 0 Å². The van der Waals surface area contributed by atoms with Crippen molar-refractivity contribution in [2.24, 2.45) is 10.1 Å². The van der Waals surface area contributed by atoms with Crippen LogP contribution < -0.4 is 15.6 Å². The number of β-lactam (4-membered cyclic amide) rings is 1. The van der Waals surface area contributed by atoms with E-state index < -0.39 is 46.5 Å². The van der Waals surface area contributed by atoms with Gasteiger partial charge < -0.3 is 40.0 Å². The second-order valence-corrected chi connectivity index (χ2v) is 14.6. The third-order valence-electron chi connectivity index (χ3n) is 8.06. The van der Waals surface area contributed by atoms with E-state index in [2.05, 4.69) is 25.4 Å². The first kappa shape index (κ1) is 36.7. The molecular formula is C32H34N11O8S2+. The van der Waals surface area contributed by atoms with Crippen molar-refractivity contribution in [1.82, 2.24) is 29.7 Å². The molecule has 276 valence electrons. The van der Waals surface area contributed by atoms with Gasteiger partial charge in [0.25, 0.3) is 11.8 Å². The fourth-order valence-corrected chi connectivity index (χ4v) is 7.22. The number of carbonyl (C=O) groups is 4. The van der Waals surface area contributed by atoms with Gasteiger partial charge in [0, 0.05) is 43.1 Å². The molecule has 0 spiro atoms. The number of nitrogens with two attached hydrogens (primary N) is 1. The Hall–Kier alpha value is -6.09. The second kappa shape index (κ2) is 14.5. The SMILES string of the molecule is CN(C)/C=N\C(=N)c1coc(Cn2ccc3c[n+](CC4=C(C(=O)O)N5C(=O)[C@@H](NC(=O)/C(=N\OC(C)(C)C(=O)O)c6csc(N)n6)[C@H]5SC4)ccc32)n1. The lowest BCUT2D eigenvalue weighted by Gasteiger charge is -2.49. The molecule has 0 radical (unpaired) electrons. The third kappa shape index (κ3) is 7.60. The summed E-state index contributed by atoms with van der Waals surface area (Å²) in [6.07, 6.45) is 8.42. The van der Waals surface area contributed by atoms with E-state index in [1.165, 1.54) is 43.6 Å². The predicted molar refractivity (Wildman–Crippen MR) is 192 cm³/mol. The van der Waals surface area contributed by atoms with Crippen LogP contribution in [0.25, 0.3) is 10.9 Å². The van der Waals surface area contributed by atoms with Crippen LogP contribution in [0.3, 0.4) is 0 Å². The molecule has 2 atom stereocenters. The van der Waals surface area contributed by atoms with E-state index in [1.54, 1.807) is 25.2 Å². The molecule has 1 saturated heterocycles. The Morgan fingerprint density at radius 2 is 2.04 bits per heavy atom. The highest BCUT2D eigenvalue weighted by Gasteiger charge is 2.55. The molecule has 21 heteroatoms. The van der Waals surface area contributed by atoms with Gasteiger partial charge in [0.1, 0.15) is 34.8 Å². The van der Waals surface area contributed by atoms with Crippen LogP contribution in [0.15, 0.2) is 68.2 Å². The largest absolute Gasteiger partial charge is 0.478 e. The number of amidine groups is 1. The smallest absolute Gasteiger partial charge is 0.352 e. The van der Waals surface area contributed by atoms with Crippen LogP contribution in [0.5, 0.6) is 0 Å². The number of carbonyl (C=O) groups excluding carboxylic acids is 2. The Morgan fingerprint density at radius 3 is 2.72 bits per heavy atom. The maximum atomic E-state index is 13.4. The Kier molecular flexibility index (Phi) is 10.0. The second-order valence-electron chi connectivity index (χ2n) is 12.6. The molecule has 0 unspecified atom stereocenters. The number of pyridine rings is 1. The van der Waals surface area contributed by atoms with Crippen LogP contribution in [-0.4, -0.2) is 113 Å². The normalized spacial score (nSPS) is 17.5. The summed E-state index contributed by atoms with van der Waals surface area (Å²) >= 11 is 2.31. The number of nitrogens with one attached hydrogen (secondary N) is 2. The molecule has 0 aromatic carbocycles. The van der Waals surface area contributed by atoms with Gasteiger partial charge in [-0.05, 0) is 19.9 Å². The van der Waals surface area contributed by atoms with Gasteiger partial charge in [-0.15, -0.1) is 23.1 Å². The number of hydrogen-bond acceptors (Lipinski definition) is 13. The molecular weight excluding hydrogens is 731 g/mol. The number of carboxylic acid groups (broad SMARTS) is 2. The molecule has 6 heterocycles. The molecule has 1 fully saturated rings. The van der Waals surface area contributed by atoms with Crippen molar-refractivity contribution in [3.05, 3.63) is 70.9 Å². The highest BCUT2D eigenvalue weighted by Crippen LogP contribution is 2.40. The minimum Gasteiger partial charge on any atom is -0.478 e. The van der Waals surface area contributed by atoms with Crippen LogP contribution in [0.2, 0.25) is 0 Å². The number of aliphatic carboxylic acids is 2. The number of aliphatic imine (C=N–C) groups is 1. The Morgan fingerprint density at radius 1 is 1.26 bits per heavy atom.